The smallest absolute Gasteiger partial charge is 0.415 e. The molecule has 2 atom stereocenters. The van der Waals surface area contributed by atoms with Gasteiger partial charge < -0.3 is 19.9 Å². The molecule has 2 N–H and O–H groups in total. The number of alkyl halides is 3. The molecule has 0 amide bonds. The average molecular weight is 307 g/mol. The topological polar surface area (TPSA) is 50.7 Å². The summed E-state index contributed by atoms with van der Waals surface area (Å²) in [6, 6.07) is 5.11. The maximum atomic E-state index is 12.2. The lowest BCUT2D eigenvalue weighted by atomic mass is 10.1. The molecule has 21 heavy (non-hydrogen) atoms. The summed E-state index contributed by atoms with van der Waals surface area (Å²) in [5.74, 6) is 1.16. The quantitative estimate of drug-likeness (QED) is 0.810. The molecule has 2 unspecified atom stereocenters. The zero-order valence-electron chi connectivity index (χ0n) is 12.2. The van der Waals surface area contributed by atoms with Crippen molar-refractivity contribution in [2.45, 2.75) is 31.7 Å². The van der Waals surface area contributed by atoms with Crippen LogP contribution in [0.25, 0.3) is 0 Å². The maximum Gasteiger partial charge on any atom is 0.415 e. The molecule has 1 rings (SSSR count). The molecule has 0 saturated carbocycles. The molecule has 120 valence electrons. The Morgan fingerprint density at radius 3 is 2.33 bits per heavy atom. The van der Waals surface area contributed by atoms with Gasteiger partial charge in [0.25, 0.3) is 0 Å². The van der Waals surface area contributed by atoms with E-state index in [1.165, 1.54) is 14.2 Å². The monoisotopic (exact) mass is 307 g/mol. The fourth-order valence-electron chi connectivity index (χ4n) is 1.86. The zero-order valence-corrected chi connectivity index (χ0v) is 12.2. The summed E-state index contributed by atoms with van der Waals surface area (Å²) in [5, 5.41) is 11.6. The van der Waals surface area contributed by atoms with E-state index in [0.29, 0.717) is 17.9 Å². The predicted octanol–water partition coefficient (Wildman–Crippen LogP) is 2.15. The van der Waals surface area contributed by atoms with Crippen LogP contribution in [0.1, 0.15) is 12.5 Å². The number of rotatable bonds is 7. The number of hydrogen-bond donors (Lipinski definition) is 2. The van der Waals surface area contributed by atoms with Crippen molar-refractivity contribution in [2.75, 3.05) is 20.8 Å². The number of aliphatic hydroxyl groups excluding tert-OH is 1. The van der Waals surface area contributed by atoms with Crippen LogP contribution in [0, 0.1) is 0 Å². The Morgan fingerprint density at radius 1 is 1.19 bits per heavy atom. The fraction of sp³-hybridized carbons (Fsp3) is 0.571. The number of nitrogens with one attached hydrogen (secondary N) is 1. The number of halogens is 3. The first kappa shape index (κ1) is 17.6. The van der Waals surface area contributed by atoms with Crippen molar-refractivity contribution in [1.29, 1.82) is 0 Å². The zero-order chi connectivity index (χ0) is 16.0. The third-order valence-electron chi connectivity index (χ3n) is 3.03. The summed E-state index contributed by atoms with van der Waals surface area (Å²) < 4.78 is 46.8. The molecule has 0 aliphatic heterocycles. The lowest BCUT2D eigenvalue weighted by Gasteiger charge is -2.19. The minimum absolute atomic E-state index is 0.222. The Kier molecular flexibility index (Phi) is 6.29. The van der Waals surface area contributed by atoms with Crippen molar-refractivity contribution in [3.05, 3.63) is 23.8 Å². The van der Waals surface area contributed by atoms with E-state index in [4.69, 9.17) is 14.6 Å². The van der Waals surface area contributed by atoms with Gasteiger partial charge in [-0.2, -0.15) is 13.2 Å². The van der Waals surface area contributed by atoms with Crippen molar-refractivity contribution in [2.24, 2.45) is 0 Å². The highest BCUT2D eigenvalue weighted by Crippen LogP contribution is 2.28. The summed E-state index contributed by atoms with van der Waals surface area (Å²) in [6.07, 6.45) is -6.45. The number of ether oxygens (including phenoxy) is 2. The van der Waals surface area contributed by atoms with Gasteiger partial charge in [0.1, 0.15) is 0 Å². The number of methoxy groups -OCH3 is 2. The van der Waals surface area contributed by atoms with Crippen LogP contribution >= 0.6 is 0 Å². The molecule has 4 nitrogen and oxygen atoms in total. The lowest BCUT2D eigenvalue weighted by molar-refractivity contribution is -0.202. The average Bonchev–Trinajstić information content (AvgIpc) is 2.43. The molecule has 7 heteroatoms. The van der Waals surface area contributed by atoms with E-state index in [0.717, 1.165) is 5.56 Å². The second-order valence-corrected chi connectivity index (χ2v) is 4.76. The third kappa shape index (κ3) is 5.43. The van der Waals surface area contributed by atoms with Gasteiger partial charge in [-0.25, -0.2) is 0 Å². The van der Waals surface area contributed by atoms with Gasteiger partial charge in [-0.15, -0.1) is 0 Å². The molecule has 1 aromatic rings. The highest BCUT2D eigenvalue weighted by Gasteiger charge is 2.37. The summed E-state index contributed by atoms with van der Waals surface area (Å²) in [5.41, 5.74) is 0.897. The predicted molar refractivity (Wildman–Crippen MR) is 72.8 cm³/mol. The summed E-state index contributed by atoms with van der Waals surface area (Å²) >= 11 is 0. The van der Waals surface area contributed by atoms with Crippen LogP contribution in [0.4, 0.5) is 13.2 Å². The number of benzene rings is 1. The highest BCUT2D eigenvalue weighted by molar-refractivity contribution is 5.43. The minimum Gasteiger partial charge on any atom is -0.493 e. The van der Waals surface area contributed by atoms with Gasteiger partial charge in [-0.3, -0.25) is 0 Å². The Hall–Kier alpha value is -1.47. The van der Waals surface area contributed by atoms with Gasteiger partial charge in [0.2, 0.25) is 0 Å². The van der Waals surface area contributed by atoms with E-state index in [2.05, 4.69) is 5.32 Å². The van der Waals surface area contributed by atoms with Crippen molar-refractivity contribution >= 4 is 0 Å². The molecule has 0 aromatic heterocycles. The molecular formula is C14H20F3NO3. The van der Waals surface area contributed by atoms with Crippen LogP contribution in [0.15, 0.2) is 18.2 Å². The normalized spacial score (nSPS) is 14.6. The van der Waals surface area contributed by atoms with Crippen LogP contribution < -0.4 is 14.8 Å². The van der Waals surface area contributed by atoms with Crippen molar-refractivity contribution in [3.63, 3.8) is 0 Å². The van der Waals surface area contributed by atoms with Gasteiger partial charge in [0.15, 0.2) is 17.6 Å². The molecule has 0 fully saturated rings. The van der Waals surface area contributed by atoms with Crippen LogP contribution in [-0.2, 0) is 6.42 Å². The molecule has 0 saturated heterocycles. The van der Waals surface area contributed by atoms with E-state index < -0.39 is 18.8 Å². The minimum atomic E-state index is -4.60. The second-order valence-electron chi connectivity index (χ2n) is 4.76. The first-order valence-corrected chi connectivity index (χ1v) is 6.47. The van der Waals surface area contributed by atoms with Gasteiger partial charge in [-0.05, 0) is 31.0 Å². The largest absolute Gasteiger partial charge is 0.493 e. The van der Waals surface area contributed by atoms with E-state index in [-0.39, 0.29) is 6.04 Å². The fourth-order valence-corrected chi connectivity index (χ4v) is 1.86. The Morgan fingerprint density at radius 2 is 1.81 bits per heavy atom. The Bertz CT molecular complexity index is 452. The van der Waals surface area contributed by atoms with E-state index in [1.54, 1.807) is 19.1 Å². The summed E-state index contributed by atoms with van der Waals surface area (Å²) in [6.45, 7) is 1.22. The van der Waals surface area contributed by atoms with Crippen LogP contribution in [0.2, 0.25) is 0 Å². The first-order chi connectivity index (χ1) is 9.77. The van der Waals surface area contributed by atoms with Gasteiger partial charge >= 0.3 is 6.18 Å². The van der Waals surface area contributed by atoms with Gasteiger partial charge in [-0.1, -0.05) is 6.07 Å². The van der Waals surface area contributed by atoms with Crippen molar-refractivity contribution < 1.29 is 27.8 Å². The molecule has 1 aromatic carbocycles. The van der Waals surface area contributed by atoms with Crippen LogP contribution in [-0.4, -0.2) is 44.2 Å². The molecular weight excluding hydrogens is 287 g/mol. The summed E-state index contributed by atoms with van der Waals surface area (Å²) in [4.78, 5) is 0. The van der Waals surface area contributed by atoms with Gasteiger partial charge in [0.05, 0.1) is 14.2 Å². The Labute approximate surface area is 121 Å². The van der Waals surface area contributed by atoms with Crippen LogP contribution in [0.3, 0.4) is 0 Å². The molecule has 0 aliphatic rings. The second kappa shape index (κ2) is 7.51. The van der Waals surface area contributed by atoms with Crippen molar-refractivity contribution in [1.82, 2.24) is 5.32 Å². The molecule has 0 spiro atoms. The van der Waals surface area contributed by atoms with E-state index in [9.17, 15) is 13.2 Å². The van der Waals surface area contributed by atoms with E-state index in [1.807, 2.05) is 6.07 Å². The summed E-state index contributed by atoms with van der Waals surface area (Å²) in [7, 11) is 3.04. The van der Waals surface area contributed by atoms with E-state index >= 15 is 0 Å². The molecule has 0 aliphatic carbocycles. The maximum absolute atomic E-state index is 12.2. The lowest BCUT2D eigenvalue weighted by Crippen LogP contribution is -2.42. The molecule has 0 heterocycles. The standard InChI is InChI=1S/C14H20F3NO3/c1-9(18-8-13(19)14(15,16)17)6-10-4-5-11(20-2)12(7-10)21-3/h4-5,7,9,13,18-19H,6,8H2,1-3H3. The third-order valence-corrected chi connectivity index (χ3v) is 3.03. The molecule has 0 radical (unpaired) electrons. The first-order valence-electron chi connectivity index (χ1n) is 6.47. The number of aliphatic hydroxyl groups is 1. The van der Waals surface area contributed by atoms with Crippen LogP contribution in [0.5, 0.6) is 11.5 Å². The number of hydrogen-bond acceptors (Lipinski definition) is 4. The highest BCUT2D eigenvalue weighted by atomic mass is 19.4. The molecule has 0 bridgehead atoms. The Balaban J connectivity index is 2.57. The SMILES string of the molecule is COc1ccc(CC(C)NCC(O)C(F)(F)F)cc1OC. The van der Waals surface area contributed by atoms with Crippen molar-refractivity contribution in [3.8, 4) is 11.5 Å². The van der Waals surface area contributed by atoms with Gasteiger partial charge in [0, 0.05) is 12.6 Å².